The molecule has 1 aliphatic heterocycles. The Morgan fingerprint density at radius 2 is 1.95 bits per heavy atom. The lowest BCUT2D eigenvalue weighted by Crippen LogP contribution is -2.32. The molecule has 1 saturated heterocycles. The minimum absolute atomic E-state index is 0.629. The molecule has 1 aliphatic rings. The summed E-state index contributed by atoms with van der Waals surface area (Å²) >= 11 is 0. The van der Waals surface area contributed by atoms with Gasteiger partial charge in [0.2, 0.25) is 0 Å². The number of aryl methyl sites for hydroxylation is 1. The van der Waals surface area contributed by atoms with Gasteiger partial charge in [-0.3, -0.25) is 0 Å². The summed E-state index contributed by atoms with van der Waals surface area (Å²) in [6.45, 7) is 11.5. The first-order chi connectivity index (χ1) is 9.08. The third kappa shape index (κ3) is 3.73. The molecule has 0 saturated carbocycles. The SMILES string of the molecule is Cc1cccc(NC2CCCN(C(C)C)CC2)c1C. The van der Waals surface area contributed by atoms with Crippen LogP contribution in [0.5, 0.6) is 0 Å². The number of hydrogen-bond acceptors (Lipinski definition) is 2. The van der Waals surface area contributed by atoms with Crippen LogP contribution in [-0.2, 0) is 0 Å². The third-order valence-corrected chi connectivity index (χ3v) is 4.46. The summed E-state index contributed by atoms with van der Waals surface area (Å²) in [5.41, 5.74) is 4.10. The number of benzene rings is 1. The van der Waals surface area contributed by atoms with E-state index in [0.717, 1.165) is 0 Å². The Balaban J connectivity index is 1.98. The normalized spacial score (nSPS) is 21.4. The van der Waals surface area contributed by atoms with Crippen LogP contribution in [0.2, 0.25) is 0 Å². The van der Waals surface area contributed by atoms with Gasteiger partial charge < -0.3 is 10.2 Å². The van der Waals surface area contributed by atoms with E-state index >= 15 is 0 Å². The van der Waals surface area contributed by atoms with Crippen molar-refractivity contribution < 1.29 is 0 Å². The fourth-order valence-electron chi connectivity index (χ4n) is 2.91. The van der Waals surface area contributed by atoms with E-state index in [0.29, 0.717) is 12.1 Å². The van der Waals surface area contributed by atoms with Gasteiger partial charge >= 0.3 is 0 Å². The van der Waals surface area contributed by atoms with Crippen LogP contribution in [0.3, 0.4) is 0 Å². The summed E-state index contributed by atoms with van der Waals surface area (Å²) in [6, 6.07) is 7.87. The molecule has 1 aromatic carbocycles. The second kappa shape index (κ2) is 6.42. The van der Waals surface area contributed by atoms with Crippen molar-refractivity contribution in [2.24, 2.45) is 0 Å². The first-order valence-electron chi connectivity index (χ1n) is 7.64. The van der Waals surface area contributed by atoms with Crippen LogP contribution >= 0.6 is 0 Å². The highest BCUT2D eigenvalue weighted by molar-refractivity contribution is 5.54. The van der Waals surface area contributed by atoms with Gasteiger partial charge in [0.25, 0.3) is 0 Å². The van der Waals surface area contributed by atoms with Crippen LogP contribution in [-0.4, -0.2) is 30.1 Å². The lowest BCUT2D eigenvalue weighted by Gasteiger charge is -2.24. The number of hydrogen-bond donors (Lipinski definition) is 1. The quantitative estimate of drug-likeness (QED) is 0.884. The Morgan fingerprint density at radius 1 is 1.16 bits per heavy atom. The predicted octanol–water partition coefficient (Wildman–Crippen LogP) is 3.98. The van der Waals surface area contributed by atoms with Gasteiger partial charge in [-0.15, -0.1) is 0 Å². The van der Waals surface area contributed by atoms with Crippen molar-refractivity contribution in [3.63, 3.8) is 0 Å². The molecular formula is C17H28N2. The Morgan fingerprint density at radius 3 is 2.68 bits per heavy atom. The lowest BCUT2D eigenvalue weighted by atomic mass is 10.1. The summed E-state index contributed by atoms with van der Waals surface area (Å²) in [6.07, 6.45) is 3.85. The average Bonchev–Trinajstić information content (AvgIpc) is 2.60. The summed E-state index contributed by atoms with van der Waals surface area (Å²) in [5.74, 6) is 0. The third-order valence-electron chi connectivity index (χ3n) is 4.46. The van der Waals surface area contributed by atoms with Gasteiger partial charge in [0.1, 0.15) is 0 Å². The fourth-order valence-corrected chi connectivity index (χ4v) is 2.91. The van der Waals surface area contributed by atoms with Gasteiger partial charge in [-0.05, 0) is 70.7 Å². The topological polar surface area (TPSA) is 15.3 Å². The van der Waals surface area contributed by atoms with Crippen LogP contribution in [0, 0.1) is 13.8 Å². The highest BCUT2D eigenvalue weighted by Crippen LogP contribution is 2.22. The van der Waals surface area contributed by atoms with E-state index in [4.69, 9.17) is 0 Å². The Bertz CT molecular complexity index is 412. The summed E-state index contributed by atoms with van der Waals surface area (Å²) in [7, 11) is 0. The molecule has 1 aromatic rings. The van der Waals surface area contributed by atoms with Gasteiger partial charge in [-0.1, -0.05) is 12.1 Å². The summed E-state index contributed by atoms with van der Waals surface area (Å²) in [4.78, 5) is 2.60. The molecule has 0 radical (unpaired) electrons. The van der Waals surface area contributed by atoms with Gasteiger partial charge in [0.05, 0.1) is 0 Å². The van der Waals surface area contributed by atoms with Crippen LogP contribution in [0.4, 0.5) is 5.69 Å². The Labute approximate surface area is 118 Å². The first kappa shape index (κ1) is 14.4. The van der Waals surface area contributed by atoms with E-state index in [9.17, 15) is 0 Å². The van der Waals surface area contributed by atoms with E-state index in [1.165, 1.54) is 49.2 Å². The number of rotatable bonds is 3. The second-order valence-corrected chi connectivity index (χ2v) is 6.15. The predicted molar refractivity (Wildman–Crippen MR) is 83.9 cm³/mol. The molecule has 1 unspecified atom stereocenters. The van der Waals surface area contributed by atoms with Gasteiger partial charge in [0, 0.05) is 24.3 Å². The van der Waals surface area contributed by atoms with Crippen LogP contribution in [0.15, 0.2) is 18.2 Å². The summed E-state index contributed by atoms with van der Waals surface area (Å²) in [5, 5.41) is 3.76. The maximum absolute atomic E-state index is 3.76. The van der Waals surface area contributed by atoms with Gasteiger partial charge in [0.15, 0.2) is 0 Å². The molecule has 0 bridgehead atoms. The van der Waals surface area contributed by atoms with Gasteiger partial charge in [-0.2, -0.15) is 0 Å². The molecule has 2 heteroatoms. The molecule has 1 N–H and O–H groups in total. The number of nitrogens with one attached hydrogen (secondary N) is 1. The van der Waals surface area contributed by atoms with E-state index in [1.54, 1.807) is 0 Å². The lowest BCUT2D eigenvalue weighted by molar-refractivity contribution is 0.230. The van der Waals surface area contributed by atoms with Crippen LogP contribution < -0.4 is 5.32 Å². The molecule has 0 aromatic heterocycles. The molecule has 1 atom stereocenters. The van der Waals surface area contributed by atoms with E-state index in [2.05, 4.69) is 56.1 Å². The highest BCUT2D eigenvalue weighted by atomic mass is 15.1. The highest BCUT2D eigenvalue weighted by Gasteiger charge is 2.18. The maximum Gasteiger partial charge on any atom is 0.0374 e. The minimum Gasteiger partial charge on any atom is -0.382 e. The van der Waals surface area contributed by atoms with E-state index < -0.39 is 0 Å². The summed E-state index contributed by atoms with van der Waals surface area (Å²) < 4.78 is 0. The molecule has 2 nitrogen and oxygen atoms in total. The number of nitrogens with zero attached hydrogens (tertiary/aromatic N) is 1. The van der Waals surface area contributed by atoms with Crippen LogP contribution in [0.1, 0.15) is 44.2 Å². The monoisotopic (exact) mass is 260 g/mol. The maximum atomic E-state index is 3.76. The second-order valence-electron chi connectivity index (χ2n) is 6.15. The molecule has 2 rings (SSSR count). The minimum atomic E-state index is 0.629. The molecule has 0 aliphatic carbocycles. The largest absolute Gasteiger partial charge is 0.382 e. The van der Waals surface area contributed by atoms with E-state index in [1.807, 2.05) is 0 Å². The molecule has 0 spiro atoms. The first-order valence-corrected chi connectivity index (χ1v) is 7.64. The fraction of sp³-hybridized carbons (Fsp3) is 0.647. The zero-order chi connectivity index (χ0) is 13.8. The molecular weight excluding hydrogens is 232 g/mol. The molecule has 19 heavy (non-hydrogen) atoms. The van der Waals surface area contributed by atoms with Crippen molar-refractivity contribution in [3.8, 4) is 0 Å². The van der Waals surface area contributed by atoms with Crippen molar-refractivity contribution in [1.29, 1.82) is 0 Å². The van der Waals surface area contributed by atoms with Crippen molar-refractivity contribution in [3.05, 3.63) is 29.3 Å². The zero-order valence-electron chi connectivity index (χ0n) is 12.9. The van der Waals surface area contributed by atoms with Crippen molar-refractivity contribution in [1.82, 2.24) is 4.90 Å². The Hall–Kier alpha value is -1.02. The Kier molecular flexibility index (Phi) is 4.87. The zero-order valence-corrected chi connectivity index (χ0v) is 12.9. The number of likely N-dealkylation sites (tertiary alicyclic amines) is 1. The molecule has 106 valence electrons. The molecule has 1 heterocycles. The standard InChI is InChI=1S/C17H28N2/c1-13(2)19-11-6-8-16(10-12-19)18-17-9-5-7-14(3)15(17)4/h5,7,9,13,16,18H,6,8,10-12H2,1-4H3. The molecule has 0 amide bonds. The van der Waals surface area contributed by atoms with Gasteiger partial charge in [-0.25, -0.2) is 0 Å². The van der Waals surface area contributed by atoms with Crippen molar-refractivity contribution in [2.45, 2.75) is 59.0 Å². The van der Waals surface area contributed by atoms with Crippen LogP contribution in [0.25, 0.3) is 0 Å². The number of anilines is 1. The average molecular weight is 260 g/mol. The van der Waals surface area contributed by atoms with Crippen molar-refractivity contribution >= 4 is 5.69 Å². The molecule has 1 fully saturated rings. The van der Waals surface area contributed by atoms with E-state index in [-0.39, 0.29) is 0 Å². The van der Waals surface area contributed by atoms with Crippen molar-refractivity contribution in [2.75, 3.05) is 18.4 Å². The smallest absolute Gasteiger partial charge is 0.0374 e.